The van der Waals surface area contributed by atoms with Gasteiger partial charge in [-0.2, -0.15) is 13.2 Å². The maximum atomic E-state index is 12.6. The van der Waals surface area contributed by atoms with Crippen LogP contribution in [0.15, 0.2) is 6.07 Å². The molecule has 1 aromatic heterocycles. The molecule has 118 valence electrons. The van der Waals surface area contributed by atoms with E-state index < -0.39 is 17.2 Å². The topological polar surface area (TPSA) is 41.0 Å². The first-order valence-corrected chi connectivity index (χ1v) is 7.26. The molecule has 0 aliphatic carbocycles. The molecule has 1 N–H and O–H groups in total. The lowest BCUT2D eigenvalue weighted by Crippen LogP contribution is -2.30. The van der Waals surface area contributed by atoms with E-state index in [1.165, 1.54) is 0 Å². The molecule has 8 heteroatoms. The van der Waals surface area contributed by atoms with Crippen molar-refractivity contribution in [1.29, 1.82) is 0 Å². The number of likely N-dealkylation sites (tertiary alicyclic amines) is 1. The van der Waals surface area contributed by atoms with Gasteiger partial charge >= 0.3 is 6.18 Å². The Morgan fingerprint density at radius 3 is 2.62 bits per heavy atom. The largest absolute Gasteiger partial charge is 0.433 e. The normalized spacial score (nSPS) is 18.0. The number of nitrogens with zero attached hydrogens (tertiary/aromatic N) is 3. The third-order valence-electron chi connectivity index (χ3n) is 3.69. The summed E-state index contributed by atoms with van der Waals surface area (Å²) in [5.41, 5.74) is -1.02. The number of halogens is 4. The molecule has 0 radical (unpaired) electrons. The minimum atomic E-state index is -4.52. The highest BCUT2D eigenvalue weighted by atomic mass is 35.5. The van der Waals surface area contributed by atoms with Gasteiger partial charge in [0.2, 0.25) is 5.28 Å². The van der Waals surface area contributed by atoms with Gasteiger partial charge in [-0.15, -0.1) is 0 Å². The van der Waals surface area contributed by atoms with Crippen LogP contribution in [0.4, 0.5) is 19.0 Å². The first-order chi connectivity index (χ1) is 9.84. The van der Waals surface area contributed by atoms with E-state index in [2.05, 4.69) is 27.2 Å². The van der Waals surface area contributed by atoms with Crippen molar-refractivity contribution in [2.45, 2.75) is 25.4 Å². The standard InChI is InChI=1S/C13H18ClF3N4/c1-21-6-3-9(4-7-21)2-5-18-11-8-10(13(15,16)17)19-12(14)20-11/h8-9H,2-7H2,1H3,(H,18,19,20). The van der Waals surface area contributed by atoms with Gasteiger partial charge < -0.3 is 10.2 Å². The van der Waals surface area contributed by atoms with Crippen molar-refractivity contribution >= 4 is 17.4 Å². The second kappa shape index (κ2) is 6.79. The molecule has 0 atom stereocenters. The van der Waals surface area contributed by atoms with Gasteiger partial charge in [0.25, 0.3) is 0 Å². The summed E-state index contributed by atoms with van der Waals surface area (Å²) < 4.78 is 37.8. The summed E-state index contributed by atoms with van der Waals surface area (Å²) in [4.78, 5) is 9.25. The van der Waals surface area contributed by atoms with Crippen LogP contribution in [0.25, 0.3) is 0 Å². The first-order valence-electron chi connectivity index (χ1n) is 6.89. The number of hydrogen-bond acceptors (Lipinski definition) is 4. The molecule has 0 amide bonds. The average molecular weight is 323 g/mol. The van der Waals surface area contributed by atoms with Crippen molar-refractivity contribution in [2.24, 2.45) is 5.92 Å². The van der Waals surface area contributed by atoms with E-state index in [1.54, 1.807) is 0 Å². The Bertz CT molecular complexity index is 473. The molecular formula is C13H18ClF3N4. The lowest BCUT2D eigenvalue weighted by molar-refractivity contribution is -0.141. The zero-order chi connectivity index (χ0) is 15.5. The molecule has 4 nitrogen and oxygen atoms in total. The Kier molecular flexibility index (Phi) is 5.27. The molecule has 0 spiro atoms. The van der Waals surface area contributed by atoms with Gasteiger partial charge in [-0.05, 0) is 56.9 Å². The summed E-state index contributed by atoms with van der Waals surface area (Å²) in [6, 6.07) is 0.889. The van der Waals surface area contributed by atoms with Gasteiger partial charge in [0.15, 0.2) is 5.69 Å². The van der Waals surface area contributed by atoms with Gasteiger partial charge in [-0.3, -0.25) is 0 Å². The van der Waals surface area contributed by atoms with Gasteiger partial charge in [0.05, 0.1) is 0 Å². The third kappa shape index (κ3) is 5.00. The van der Waals surface area contributed by atoms with E-state index in [0.717, 1.165) is 38.4 Å². The molecule has 0 saturated carbocycles. The zero-order valence-electron chi connectivity index (χ0n) is 11.8. The van der Waals surface area contributed by atoms with Crippen LogP contribution in [0.5, 0.6) is 0 Å². The van der Waals surface area contributed by atoms with Gasteiger partial charge in [0.1, 0.15) is 5.82 Å². The highest BCUT2D eigenvalue weighted by Gasteiger charge is 2.33. The Hall–Kier alpha value is -1.08. The highest BCUT2D eigenvalue weighted by Crippen LogP contribution is 2.29. The van der Waals surface area contributed by atoms with Crippen LogP contribution in [-0.2, 0) is 6.18 Å². The zero-order valence-corrected chi connectivity index (χ0v) is 12.5. The second-order valence-corrected chi connectivity index (χ2v) is 5.71. The summed E-state index contributed by atoms with van der Waals surface area (Å²) in [5.74, 6) is 0.725. The predicted octanol–water partition coefficient (Wildman–Crippen LogP) is 3.29. The van der Waals surface area contributed by atoms with E-state index in [0.29, 0.717) is 12.5 Å². The summed E-state index contributed by atoms with van der Waals surface area (Å²) >= 11 is 5.53. The van der Waals surface area contributed by atoms with Crippen LogP contribution in [0.3, 0.4) is 0 Å². The Morgan fingerprint density at radius 2 is 2.00 bits per heavy atom. The SMILES string of the molecule is CN1CCC(CCNc2cc(C(F)(F)F)nc(Cl)n2)CC1. The molecule has 0 unspecified atom stereocenters. The van der Waals surface area contributed by atoms with E-state index in [4.69, 9.17) is 11.6 Å². The van der Waals surface area contributed by atoms with Crippen LogP contribution < -0.4 is 5.32 Å². The number of anilines is 1. The Balaban J connectivity index is 1.87. The van der Waals surface area contributed by atoms with Crippen LogP contribution in [-0.4, -0.2) is 41.5 Å². The number of nitrogens with one attached hydrogen (secondary N) is 1. The fourth-order valence-corrected chi connectivity index (χ4v) is 2.59. The monoisotopic (exact) mass is 322 g/mol. The summed E-state index contributed by atoms with van der Waals surface area (Å²) in [5, 5.41) is 2.51. The average Bonchev–Trinajstić information content (AvgIpc) is 2.39. The smallest absolute Gasteiger partial charge is 0.370 e. The van der Waals surface area contributed by atoms with E-state index in [1.807, 2.05) is 0 Å². The number of aromatic nitrogens is 2. The van der Waals surface area contributed by atoms with E-state index >= 15 is 0 Å². The fraction of sp³-hybridized carbons (Fsp3) is 0.692. The summed E-state index contributed by atoms with van der Waals surface area (Å²) in [6.07, 6.45) is -1.36. The van der Waals surface area contributed by atoms with Crippen LogP contribution in [0.2, 0.25) is 5.28 Å². The van der Waals surface area contributed by atoms with Crippen molar-refractivity contribution in [2.75, 3.05) is 32.0 Å². The van der Waals surface area contributed by atoms with Crippen LogP contribution in [0.1, 0.15) is 25.0 Å². The number of alkyl halides is 3. The molecule has 21 heavy (non-hydrogen) atoms. The fourth-order valence-electron chi connectivity index (χ4n) is 2.41. The van der Waals surface area contributed by atoms with E-state index in [-0.39, 0.29) is 5.82 Å². The second-order valence-electron chi connectivity index (χ2n) is 5.37. The minimum Gasteiger partial charge on any atom is -0.370 e. The molecule has 1 fully saturated rings. The van der Waals surface area contributed by atoms with E-state index in [9.17, 15) is 13.2 Å². The Morgan fingerprint density at radius 1 is 1.33 bits per heavy atom. The third-order valence-corrected chi connectivity index (χ3v) is 3.86. The van der Waals surface area contributed by atoms with Gasteiger partial charge in [0, 0.05) is 12.6 Å². The van der Waals surface area contributed by atoms with Crippen LogP contribution in [0, 0.1) is 5.92 Å². The molecule has 2 rings (SSSR count). The highest BCUT2D eigenvalue weighted by molar-refractivity contribution is 6.28. The quantitative estimate of drug-likeness (QED) is 0.864. The Labute approximate surface area is 126 Å². The minimum absolute atomic E-state index is 0.121. The number of hydrogen-bond donors (Lipinski definition) is 1. The van der Waals surface area contributed by atoms with Gasteiger partial charge in [-0.25, -0.2) is 9.97 Å². The predicted molar refractivity (Wildman–Crippen MR) is 75.4 cm³/mol. The maximum Gasteiger partial charge on any atom is 0.433 e. The van der Waals surface area contributed by atoms with Crippen molar-refractivity contribution < 1.29 is 13.2 Å². The lowest BCUT2D eigenvalue weighted by atomic mass is 9.94. The molecular weight excluding hydrogens is 305 g/mol. The van der Waals surface area contributed by atoms with Crippen LogP contribution >= 0.6 is 11.6 Å². The molecule has 0 bridgehead atoms. The summed E-state index contributed by atoms with van der Waals surface area (Å²) in [6.45, 7) is 2.73. The van der Waals surface area contributed by atoms with Crippen molar-refractivity contribution in [1.82, 2.24) is 14.9 Å². The molecule has 1 aromatic rings. The van der Waals surface area contributed by atoms with Gasteiger partial charge in [-0.1, -0.05) is 0 Å². The van der Waals surface area contributed by atoms with Crippen molar-refractivity contribution in [3.63, 3.8) is 0 Å². The molecule has 1 aliphatic heterocycles. The molecule has 1 aliphatic rings. The number of rotatable bonds is 4. The maximum absolute atomic E-state index is 12.6. The first kappa shape index (κ1) is 16.3. The van der Waals surface area contributed by atoms with Crippen molar-refractivity contribution in [3.8, 4) is 0 Å². The number of piperidine rings is 1. The molecule has 2 heterocycles. The van der Waals surface area contributed by atoms with Crippen molar-refractivity contribution in [3.05, 3.63) is 17.0 Å². The molecule has 1 saturated heterocycles. The lowest BCUT2D eigenvalue weighted by Gasteiger charge is -2.28. The molecule has 0 aromatic carbocycles. The summed E-state index contributed by atoms with van der Waals surface area (Å²) in [7, 11) is 2.09.